The molecule has 0 aromatic heterocycles. The number of hydrogen-bond donors (Lipinski definition) is 2. The first-order chi connectivity index (χ1) is 7.69. The molecule has 0 saturated carbocycles. The van der Waals surface area contributed by atoms with Gasteiger partial charge in [0.2, 0.25) is 0 Å². The van der Waals surface area contributed by atoms with Gasteiger partial charge in [-0.2, -0.15) is 0 Å². The molecule has 0 unspecified atom stereocenters. The van der Waals surface area contributed by atoms with Gasteiger partial charge in [-0.05, 0) is 26.0 Å². The van der Waals surface area contributed by atoms with E-state index in [9.17, 15) is 4.79 Å². The Bertz CT molecular complexity index is 441. The van der Waals surface area contributed by atoms with Gasteiger partial charge in [-0.15, -0.1) is 0 Å². The Kier molecular flexibility index (Phi) is 4.56. The second kappa shape index (κ2) is 5.94. The monoisotopic (exact) mass is 216 g/mol. The van der Waals surface area contributed by atoms with Gasteiger partial charge in [-0.1, -0.05) is 23.5 Å². The summed E-state index contributed by atoms with van der Waals surface area (Å²) in [6.07, 6.45) is 0. The molecule has 1 rings (SSSR count). The molecule has 0 saturated heterocycles. The molecular formula is C13H16N2O. The molecule has 0 aliphatic rings. The highest BCUT2D eigenvalue weighted by atomic mass is 16.1. The summed E-state index contributed by atoms with van der Waals surface area (Å²) in [6, 6.07) is 5.62. The van der Waals surface area contributed by atoms with E-state index in [2.05, 4.69) is 17.2 Å². The lowest BCUT2D eigenvalue weighted by Crippen LogP contribution is -2.23. The van der Waals surface area contributed by atoms with Gasteiger partial charge in [0, 0.05) is 12.1 Å². The fourth-order valence-corrected chi connectivity index (χ4v) is 1.36. The summed E-state index contributed by atoms with van der Waals surface area (Å²) in [6.45, 7) is 4.74. The van der Waals surface area contributed by atoms with Gasteiger partial charge in [0.1, 0.15) is 0 Å². The molecule has 1 amide bonds. The number of rotatable bonds is 2. The molecule has 3 heteroatoms. The summed E-state index contributed by atoms with van der Waals surface area (Å²) in [7, 11) is 0. The van der Waals surface area contributed by atoms with Crippen LogP contribution in [0.15, 0.2) is 18.2 Å². The molecule has 0 radical (unpaired) electrons. The highest BCUT2D eigenvalue weighted by Crippen LogP contribution is 2.10. The van der Waals surface area contributed by atoms with Gasteiger partial charge >= 0.3 is 0 Å². The van der Waals surface area contributed by atoms with Crippen molar-refractivity contribution < 1.29 is 4.79 Å². The molecule has 1 aromatic rings. The van der Waals surface area contributed by atoms with Crippen LogP contribution in [0.1, 0.15) is 28.4 Å². The predicted octanol–water partition coefficient (Wildman–Crippen LogP) is 1.05. The van der Waals surface area contributed by atoms with Crippen molar-refractivity contribution in [2.75, 3.05) is 13.1 Å². The number of benzene rings is 1. The third-order valence-electron chi connectivity index (χ3n) is 2.08. The number of carbonyl (C=O) groups is 1. The van der Waals surface area contributed by atoms with E-state index in [0.29, 0.717) is 18.7 Å². The Balaban J connectivity index is 3.12. The lowest BCUT2D eigenvalue weighted by molar-refractivity contribution is 0.0955. The molecule has 16 heavy (non-hydrogen) atoms. The molecule has 0 fully saturated rings. The number of nitrogens with two attached hydrogens (primary N) is 1. The van der Waals surface area contributed by atoms with Crippen LogP contribution in [0.3, 0.4) is 0 Å². The third-order valence-corrected chi connectivity index (χ3v) is 2.08. The summed E-state index contributed by atoms with van der Waals surface area (Å²) in [5.74, 6) is 5.57. The van der Waals surface area contributed by atoms with Gasteiger partial charge < -0.3 is 11.1 Å². The van der Waals surface area contributed by atoms with Crippen LogP contribution in [0, 0.1) is 18.8 Å². The van der Waals surface area contributed by atoms with Crippen molar-refractivity contribution in [3.05, 3.63) is 34.9 Å². The maximum atomic E-state index is 11.8. The van der Waals surface area contributed by atoms with Gasteiger partial charge in [-0.3, -0.25) is 4.79 Å². The minimum atomic E-state index is -0.0903. The Morgan fingerprint density at radius 2 is 2.25 bits per heavy atom. The van der Waals surface area contributed by atoms with E-state index in [1.54, 1.807) is 0 Å². The molecule has 1 aromatic carbocycles. The summed E-state index contributed by atoms with van der Waals surface area (Å²) in [4.78, 5) is 11.8. The van der Waals surface area contributed by atoms with E-state index in [1.807, 2.05) is 32.0 Å². The smallest absolute Gasteiger partial charge is 0.252 e. The average Bonchev–Trinajstić information content (AvgIpc) is 2.27. The second-order valence-corrected chi connectivity index (χ2v) is 3.41. The first-order valence-corrected chi connectivity index (χ1v) is 5.26. The van der Waals surface area contributed by atoms with Crippen LogP contribution in [0.5, 0.6) is 0 Å². The van der Waals surface area contributed by atoms with Crippen LogP contribution >= 0.6 is 0 Å². The first kappa shape index (κ1) is 12.3. The number of aryl methyl sites for hydroxylation is 1. The van der Waals surface area contributed by atoms with Crippen LogP contribution in [-0.2, 0) is 0 Å². The van der Waals surface area contributed by atoms with Gasteiger partial charge in [-0.25, -0.2) is 0 Å². The van der Waals surface area contributed by atoms with Crippen molar-refractivity contribution in [3.63, 3.8) is 0 Å². The SMILES string of the molecule is CCNC(=O)c1cc(C)ccc1C#CCN. The molecule has 0 heterocycles. The Hall–Kier alpha value is -1.79. The molecule has 0 spiro atoms. The minimum absolute atomic E-state index is 0.0903. The number of amides is 1. The fraction of sp³-hybridized carbons (Fsp3) is 0.308. The molecular weight excluding hydrogens is 200 g/mol. The molecule has 0 aliphatic heterocycles. The summed E-state index contributed by atoms with van der Waals surface area (Å²) in [5, 5.41) is 2.77. The maximum absolute atomic E-state index is 11.8. The zero-order valence-corrected chi connectivity index (χ0v) is 9.63. The van der Waals surface area contributed by atoms with Gasteiger partial charge in [0.05, 0.1) is 12.1 Å². The quantitative estimate of drug-likeness (QED) is 0.726. The van der Waals surface area contributed by atoms with E-state index >= 15 is 0 Å². The van der Waals surface area contributed by atoms with Crippen LogP contribution < -0.4 is 11.1 Å². The Labute approximate surface area is 96.0 Å². The minimum Gasteiger partial charge on any atom is -0.352 e. The van der Waals surface area contributed by atoms with Crippen LogP contribution in [0.2, 0.25) is 0 Å². The van der Waals surface area contributed by atoms with Crippen LogP contribution in [0.25, 0.3) is 0 Å². The van der Waals surface area contributed by atoms with Gasteiger partial charge in [0.15, 0.2) is 0 Å². The molecule has 3 N–H and O–H groups in total. The summed E-state index contributed by atoms with van der Waals surface area (Å²) in [5.41, 5.74) is 7.70. The predicted molar refractivity (Wildman–Crippen MR) is 65.1 cm³/mol. The topological polar surface area (TPSA) is 55.1 Å². The van der Waals surface area contributed by atoms with Crippen molar-refractivity contribution in [2.24, 2.45) is 5.73 Å². The number of carbonyl (C=O) groups excluding carboxylic acids is 1. The largest absolute Gasteiger partial charge is 0.352 e. The zero-order chi connectivity index (χ0) is 12.0. The van der Waals surface area contributed by atoms with E-state index in [0.717, 1.165) is 11.1 Å². The van der Waals surface area contributed by atoms with Crippen LogP contribution in [-0.4, -0.2) is 19.0 Å². The third kappa shape index (κ3) is 3.11. The van der Waals surface area contributed by atoms with Crippen molar-refractivity contribution in [3.8, 4) is 11.8 Å². The first-order valence-electron chi connectivity index (χ1n) is 5.26. The lowest BCUT2D eigenvalue weighted by atomic mass is 10.0. The molecule has 0 atom stereocenters. The fourth-order valence-electron chi connectivity index (χ4n) is 1.36. The highest BCUT2D eigenvalue weighted by molar-refractivity contribution is 5.96. The summed E-state index contributed by atoms with van der Waals surface area (Å²) < 4.78 is 0. The molecule has 3 nitrogen and oxygen atoms in total. The van der Waals surface area contributed by atoms with E-state index in [1.165, 1.54) is 0 Å². The second-order valence-electron chi connectivity index (χ2n) is 3.41. The van der Waals surface area contributed by atoms with Crippen molar-refractivity contribution in [1.82, 2.24) is 5.32 Å². The molecule has 0 bridgehead atoms. The standard InChI is InChI=1S/C13H16N2O/c1-3-15-13(16)12-9-10(2)6-7-11(12)5-4-8-14/h6-7,9H,3,8,14H2,1-2H3,(H,15,16). The zero-order valence-electron chi connectivity index (χ0n) is 9.63. The Morgan fingerprint density at radius 1 is 1.50 bits per heavy atom. The van der Waals surface area contributed by atoms with Crippen LogP contribution in [0.4, 0.5) is 0 Å². The van der Waals surface area contributed by atoms with Gasteiger partial charge in [0.25, 0.3) is 5.91 Å². The number of hydrogen-bond acceptors (Lipinski definition) is 2. The normalized spacial score (nSPS) is 9.19. The summed E-state index contributed by atoms with van der Waals surface area (Å²) >= 11 is 0. The van der Waals surface area contributed by atoms with Crippen molar-refractivity contribution >= 4 is 5.91 Å². The Morgan fingerprint density at radius 3 is 2.88 bits per heavy atom. The highest BCUT2D eigenvalue weighted by Gasteiger charge is 2.08. The maximum Gasteiger partial charge on any atom is 0.252 e. The molecule has 84 valence electrons. The number of nitrogens with one attached hydrogen (secondary N) is 1. The van der Waals surface area contributed by atoms with Crippen molar-refractivity contribution in [2.45, 2.75) is 13.8 Å². The van der Waals surface area contributed by atoms with E-state index in [4.69, 9.17) is 5.73 Å². The average molecular weight is 216 g/mol. The van der Waals surface area contributed by atoms with Crippen molar-refractivity contribution in [1.29, 1.82) is 0 Å². The van der Waals surface area contributed by atoms with E-state index in [-0.39, 0.29) is 5.91 Å². The lowest BCUT2D eigenvalue weighted by Gasteiger charge is -2.05. The van der Waals surface area contributed by atoms with E-state index < -0.39 is 0 Å². The molecule has 0 aliphatic carbocycles.